The van der Waals surface area contributed by atoms with Crippen LogP contribution in [0.5, 0.6) is 11.5 Å². The maximum absolute atomic E-state index is 5.90. The second-order valence-electron chi connectivity index (χ2n) is 4.25. The molecule has 0 aliphatic rings. The Morgan fingerprint density at radius 3 is 2.60 bits per heavy atom. The highest BCUT2D eigenvalue weighted by Gasteiger charge is 2.12. The van der Waals surface area contributed by atoms with Gasteiger partial charge in [0.1, 0.15) is 6.61 Å². The monoisotopic (exact) mass is 374 g/mol. The van der Waals surface area contributed by atoms with Gasteiger partial charge in [-0.05, 0) is 52.2 Å². The highest BCUT2D eigenvalue weighted by Crippen LogP contribution is 2.37. The maximum atomic E-state index is 5.90. The van der Waals surface area contributed by atoms with Gasteiger partial charge in [-0.25, -0.2) is 0 Å². The van der Waals surface area contributed by atoms with E-state index in [2.05, 4.69) is 35.0 Å². The molecule has 2 rings (SSSR count). The molecule has 1 aromatic heterocycles. The van der Waals surface area contributed by atoms with Crippen LogP contribution in [0.15, 0.2) is 28.7 Å². The highest BCUT2D eigenvalue weighted by atomic mass is 79.9. The van der Waals surface area contributed by atoms with Gasteiger partial charge in [0.15, 0.2) is 11.5 Å². The first kappa shape index (κ1) is 15.7. The third-order valence-corrected chi connectivity index (χ3v) is 4.97. The molecule has 0 spiro atoms. The first-order valence-corrected chi connectivity index (χ1v) is 8.45. The SMILES string of the molecule is CCc1ccc(COc2c(Br)cc(CCl)cc2OC)s1. The summed E-state index contributed by atoms with van der Waals surface area (Å²) in [6.07, 6.45) is 1.06. The topological polar surface area (TPSA) is 18.5 Å². The molecule has 0 N–H and O–H groups in total. The fraction of sp³-hybridized carbons (Fsp3) is 0.333. The minimum Gasteiger partial charge on any atom is -0.493 e. The van der Waals surface area contributed by atoms with Crippen LogP contribution >= 0.6 is 38.9 Å². The fourth-order valence-corrected chi connectivity index (χ4v) is 3.45. The minimum absolute atomic E-state index is 0.444. The number of benzene rings is 1. The highest BCUT2D eigenvalue weighted by molar-refractivity contribution is 9.10. The Hall–Kier alpha value is -0.710. The van der Waals surface area contributed by atoms with Gasteiger partial charge in [0.2, 0.25) is 0 Å². The molecule has 0 saturated carbocycles. The molecule has 108 valence electrons. The molecule has 0 unspecified atom stereocenters. The predicted molar refractivity (Wildman–Crippen MR) is 88.3 cm³/mol. The molecule has 0 aliphatic heterocycles. The van der Waals surface area contributed by atoms with Crippen molar-refractivity contribution in [2.24, 2.45) is 0 Å². The molecular formula is C15H16BrClO2S. The molecule has 2 aromatic rings. The normalized spacial score (nSPS) is 10.6. The van der Waals surface area contributed by atoms with E-state index in [1.54, 1.807) is 18.4 Å². The maximum Gasteiger partial charge on any atom is 0.175 e. The summed E-state index contributed by atoms with van der Waals surface area (Å²) in [4.78, 5) is 2.57. The van der Waals surface area contributed by atoms with Crippen LogP contribution in [0.1, 0.15) is 22.2 Å². The Labute approximate surface area is 136 Å². The molecule has 2 nitrogen and oxygen atoms in total. The lowest BCUT2D eigenvalue weighted by molar-refractivity contribution is 0.285. The number of rotatable bonds is 6. The van der Waals surface area contributed by atoms with Crippen LogP contribution in [0.25, 0.3) is 0 Å². The number of hydrogen-bond donors (Lipinski definition) is 0. The number of halogens is 2. The molecule has 0 amide bonds. The lowest BCUT2D eigenvalue weighted by atomic mass is 10.2. The Kier molecular flexibility index (Phi) is 5.75. The van der Waals surface area contributed by atoms with E-state index in [0.29, 0.717) is 24.0 Å². The summed E-state index contributed by atoms with van der Waals surface area (Å²) in [5.74, 6) is 1.86. The number of alkyl halides is 1. The lowest BCUT2D eigenvalue weighted by Gasteiger charge is -2.13. The first-order chi connectivity index (χ1) is 9.67. The van der Waals surface area contributed by atoms with Crippen LogP contribution in [0, 0.1) is 0 Å². The van der Waals surface area contributed by atoms with Gasteiger partial charge in [-0.3, -0.25) is 0 Å². The van der Waals surface area contributed by atoms with Gasteiger partial charge in [-0.15, -0.1) is 22.9 Å². The van der Waals surface area contributed by atoms with Gasteiger partial charge in [0.05, 0.1) is 11.6 Å². The summed E-state index contributed by atoms with van der Waals surface area (Å²) in [6, 6.07) is 8.11. The van der Waals surface area contributed by atoms with Crippen molar-refractivity contribution in [3.63, 3.8) is 0 Å². The zero-order valence-electron chi connectivity index (χ0n) is 11.4. The van der Waals surface area contributed by atoms with E-state index in [9.17, 15) is 0 Å². The Morgan fingerprint density at radius 1 is 1.25 bits per heavy atom. The fourth-order valence-electron chi connectivity index (χ4n) is 1.82. The third kappa shape index (κ3) is 3.68. The summed E-state index contributed by atoms with van der Waals surface area (Å²) in [7, 11) is 1.63. The summed E-state index contributed by atoms with van der Waals surface area (Å²) in [6.45, 7) is 2.70. The molecule has 5 heteroatoms. The van der Waals surface area contributed by atoms with Crippen molar-refractivity contribution in [2.45, 2.75) is 25.8 Å². The molecule has 0 aliphatic carbocycles. The largest absolute Gasteiger partial charge is 0.493 e. The van der Waals surface area contributed by atoms with Crippen LogP contribution in [0.4, 0.5) is 0 Å². The van der Waals surface area contributed by atoms with Crippen LogP contribution < -0.4 is 9.47 Å². The van der Waals surface area contributed by atoms with Crippen molar-refractivity contribution in [1.29, 1.82) is 0 Å². The van der Waals surface area contributed by atoms with Crippen molar-refractivity contribution < 1.29 is 9.47 Å². The summed E-state index contributed by atoms with van der Waals surface area (Å²) in [5, 5.41) is 0. The number of ether oxygens (including phenoxy) is 2. The molecule has 0 radical (unpaired) electrons. The smallest absolute Gasteiger partial charge is 0.175 e. The molecule has 0 bridgehead atoms. The van der Waals surface area contributed by atoms with Crippen LogP contribution in [0.3, 0.4) is 0 Å². The average molecular weight is 376 g/mol. The van der Waals surface area contributed by atoms with Crippen molar-refractivity contribution in [3.05, 3.63) is 44.1 Å². The number of hydrogen-bond acceptors (Lipinski definition) is 3. The minimum atomic E-state index is 0.444. The molecule has 0 saturated heterocycles. The number of aryl methyl sites for hydroxylation is 1. The second-order valence-corrected chi connectivity index (χ2v) is 6.63. The molecule has 1 heterocycles. The van der Waals surface area contributed by atoms with Gasteiger partial charge in [0.25, 0.3) is 0 Å². The van der Waals surface area contributed by atoms with E-state index in [4.69, 9.17) is 21.1 Å². The summed E-state index contributed by atoms with van der Waals surface area (Å²) < 4.78 is 12.1. The zero-order chi connectivity index (χ0) is 14.5. The second kappa shape index (κ2) is 7.34. The van der Waals surface area contributed by atoms with E-state index >= 15 is 0 Å². The van der Waals surface area contributed by atoms with Gasteiger partial charge < -0.3 is 9.47 Å². The Bertz CT molecular complexity index is 583. The molecule has 0 atom stereocenters. The molecule has 0 fully saturated rings. The number of thiophene rings is 1. The van der Waals surface area contributed by atoms with E-state index in [0.717, 1.165) is 16.5 Å². The van der Waals surface area contributed by atoms with Gasteiger partial charge >= 0.3 is 0 Å². The van der Waals surface area contributed by atoms with E-state index in [1.165, 1.54) is 9.75 Å². The van der Waals surface area contributed by atoms with E-state index in [1.807, 2.05) is 12.1 Å². The van der Waals surface area contributed by atoms with Crippen LogP contribution in [0.2, 0.25) is 0 Å². The molecular weight excluding hydrogens is 360 g/mol. The van der Waals surface area contributed by atoms with E-state index < -0.39 is 0 Å². The molecule has 1 aromatic carbocycles. The Morgan fingerprint density at radius 2 is 2.00 bits per heavy atom. The average Bonchev–Trinajstić information content (AvgIpc) is 2.93. The zero-order valence-corrected chi connectivity index (χ0v) is 14.6. The number of methoxy groups -OCH3 is 1. The van der Waals surface area contributed by atoms with Gasteiger partial charge in [-0.2, -0.15) is 0 Å². The van der Waals surface area contributed by atoms with Crippen molar-refractivity contribution in [3.8, 4) is 11.5 Å². The Balaban J connectivity index is 2.16. The van der Waals surface area contributed by atoms with Gasteiger partial charge in [-0.1, -0.05) is 6.92 Å². The quantitative estimate of drug-likeness (QED) is 0.629. The predicted octanol–water partition coefficient (Wildman–Crippen LogP) is 5.40. The third-order valence-electron chi connectivity index (χ3n) is 2.87. The van der Waals surface area contributed by atoms with Crippen molar-refractivity contribution in [2.75, 3.05) is 7.11 Å². The summed E-state index contributed by atoms with van der Waals surface area (Å²) in [5.41, 5.74) is 0.993. The molecule has 20 heavy (non-hydrogen) atoms. The van der Waals surface area contributed by atoms with Crippen LogP contribution in [-0.4, -0.2) is 7.11 Å². The standard InChI is InChI=1S/C15H16BrClO2S/c1-3-11-4-5-12(20-11)9-19-15-13(16)6-10(8-17)7-14(15)18-2/h4-7H,3,8-9H2,1-2H3. The van der Waals surface area contributed by atoms with Crippen molar-refractivity contribution >= 4 is 38.9 Å². The van der Waals surface area contributed by atoms with Crippen molar-refractivity contribution in [1.82, 2.24) is 0 Å². The van der Waals surface area contributed by atoms with E-state index in [-0.39, 0.29) is 0 Å². The lowest BCUT2D eigenvalue weighted by Crippen LogP contribution is -1.98. The first-order valence-electron chi connectivity index (χ1n) is 6.30. The van der Waals surface area contributed by atoms with Crippen LogP contribution in [-0.2, 0) is 18.9 Å². The van der Waals surface area contributed by atoms with Gasteiger partial charge in [0, 0.05) is 15.6 Å². The summed E-state index contributed by atoms with van der Waals surface area (Å²) >= 11 is 11.1.